The first-order valence-electron chi connectivity index (χ1n) is 8.94. The van der Waals surface area contributed by atoms with Gasteiger partial charge < -0.3 is 20.1 Å². The van der Waals surface area contributed by atoms with E-state index in [2.05, 4.69) is 34.7 Å². The lowest BCUT2D eigenvalue weighted by molar-refractivity contribution is -0.143. The molecule has 148 valence electrons. The van der Waals surface area contributed by atoms with E-state index in [1.807, 2.05) is 25.1 Å². The number of guanidine groups is 1. The Morgan fingerprint density at radius 1 is 1.15 bits per heavy atom. The molecule has 0 bridgehead atoms. The maximum atomic E-state index is 11.2. The lowest BCUT2D eigenvalue weighted by atomic mass is 10.1. The van der Waals surface area contributed by atoms with Crippen molar-refractivity contribution in [1.29, 1.82) is 0 Å². The highest BCUT2D eigenvalue weighted by Crippen LogP contribution is 2.15. The van der Waals surface area contributed by atoms with Crippen molar-refractivity contribution in [3.63, 3.8) is 0 Å². The van der Waals surface area contributed by atoms with Gasteiger partial charge in [-0.1, -0.05) is 30.3 Å². The van der Waals surface area contributed by atoms with Crippen LogP contribution in [0.25, 0.3) is 0 Å². The van der Waals surface area contributed by atoms with Crippen LogP contribution in [0.5, 0.6) is 0 Å². The zero-order valence-electron chi connectivity index (χ0n) is 16.0. The van der Waals surface area contributed by atoms with Gasteiger partial charge in [-0.15, -0.1) is 24.0 Å². The molecule has 0 heterocycles. The third-order valence-electron chi connectivity index (χ3n) is 3.63. The predicted octanol–water partition coefficient (Wildman–Crippen LogP) is 3.28. The van der Waals surface area contributed by atoms with Crippen molar-refractivity contribution in [1.82, 2.24) is 10.6 Å². The zero-order valence-corrected chi connectivity index (χ0v) is 18.3. The van der Waals surface area contributed by atoms with Gasteiger partial charge in [-0.05, 0) is 32.3 Å². The van der Waals surface area contributed by atoms with E-state index < -0.39 is 0 Å². The number of halogens is 1. The Morgan fingerprint density at radius 2 is 1.81 bits per heavy atom. The smallest absolute Gasteiger partial charge is 0.305 e. The van der Waals surface area contributed by atoms with Crippen LogP contribution in [-0.2, 0) is 14.3 Å². The van der Waals surface area contributed by atoms with Gasteiger partial charge in [0.25, 0.3) is 0 Å². The quantitative estimate of drug-likeness (QED) is 0.168. The number of carbonyl (C=O) groups is 1. The lowest BCUT2D eigenvalue weighted by Gasteiger charge is -2.14. The predicted molar refractivity (Wildman–Crippen MR) is 116 cm³/mol. The topological polar surface area (TPSA) is 72.0 Å². The van der Waals surface area contributed by atoms with Crippen molar-refractivity contribution >= 4 is 35.9 Å². The molecule has 1 unspecified atom stereocenters. The fourth-order valence-electron chi connectivity index (χ4n) is 2.25. The van der Waals surface area contributed by atoms with Crippen LogP contribution in [0.2, 0.25) is 0 Å². The van der Waals surface area contributed by atoms with Crippen LogP contribution in [0.4, 0.5) is 0 Å². The van der Waals surface area contributed by atoms with E-state index in [1.165, 1.54) is 5.56 Å². The molecule has 1 rings (SSSR count). The van der Waals surface area contributed by atoms with E-state index >= 15 is 0 Å². The van der Waals surface area contributed by atoms with Crippen LogP contribution < -0.4 is 10.6 Å². The number of nitrogens with one attached hydrogen (secondary N) is 2. The minimum Gasteiger partial charge on any atom is -0.466 e. The monoisotopic (exact) mass is 477 g/mol. The van der Waals surface area contributed by atoms with Gasteiger partial charge in [-0.25, -0.2) is 0 Å². The van der Waals surface area contributed by atoms with Crippen molar-refractivity contribution in [2.75, 3.05) is 33.4 Å². The van der Waals surface area contributed by atoms with Gasteiger partial charge in [0.2, 0.25) is 0 Å². The summed E-state index contributed by atoms with van der Waals surface area (Å²) in [5, 5.41) is 6.42. The Kier molecular flexibility index (Phi) is 15.0. The second kappa shape index (κ2) is 15.9. The lowest BCUT2D eigenvalue weighted by Crippen LogP contribution is -2.38. The normalized spacial score (nSPS) is 12.0. The molecule has 1 aromatic carbocycles. The summed E-state index contributed by atoms with van der Waals surface area (Å²) in [6.07, 6.45) is 2.13. The SMILES string of the molecule is CCOC(=O)CCCNC(=NC)NCCCOC(C)c1ccccc1.I. The molecule has 0 saturated carbocycles. The molecule has 0 spiro atoms. The Morgan fingerprint density at radius 3 is 2.42 bits per heavy atom. The summed E-state index contributed by atoms with van der Waals surface area (Å²) < 4.78 is 10.7. The number of esters is 1. The number of benzene rings is 1. The number of ether oxygens (including phenoxy) is 2. The molecule has 0 aliphatic heterocycles. The zero-order chi connectivity index (χ0) is 18.3. The summed E-state index contributed by atoms with van der Waals surface area (Å²) >= 11 is 0. The van der Waals surface area contributed by atoms with Crippen molar-refractivity contribution in [2.45, 2.75) is 39.2 Å². The molecular weight excluding hydrogens is 445 g/mol. The van der Waals surface area contributed by atoms with Crippen molar-refractivity contribution < 1.29 is 14.3 Å². The summed E-state index contributed by atoms with van der Waals surface area (Å²) in [6, 6.07) is 10.2. The van der Waals surface area contributed by atoms with Crippen molar-refractivity contribution in [3.05, 3.63) is 35.9 Å². The molecule has 7 heteroatoms. The first-order valence-corrected chi connectivity index (χ1v) is 8.94. The molecule has 0 fully saturated rings. The van der Waals surface area contributed by atoms with E-state index in [-0.39, 0.29) is 36.0 Å². The Bertz CT molecular complexity index is 512. The number of aliphatic imine (C=N–C) groups is 1. The summed E-state index contributed by atoms with van der Waals surface area (Å²) in [6.45, 7) is 6.45. The molecule has 6 nitrogen and oxygen atoms in total. The minimum atomic E-state index is -0.156. The van der Waals surface area contributed by atoms with Gasteiger partial charge in [0.15, 0.2) is 5.96 Å². The second-order valence-corrected chi connectivity index (χ2v) is 5.61. The fourth-order valence-corrected chi connectivity index (χ4v) is 2.25. The van der Waals surface area contributed by atoms with Gasteiger partial charge in [-0.3, -0.25) is 9.79 Å². The number of hydrogen-bond acceptors (Lipinski definition) is 4. The number of hydrogen-bond donors (Lipinski definition) is 2. The first kappa shape index (κ1) is 24.7. The van der Waals surface area contributed by atoms with E-state index in [0.717, 1.165) is 25.3 Å². The maximum Gasteiger partial charge on any atom is 0.305 e. The molecule has 0 aliphatic rings. The average molecular weight is 477 g/mol. The van der Waals surface area contributed by atoms with Gasteiger partial charge in [0.05, 0.1) is 12.7 Å². The van der Waals surface area contributed by atoms with Gasteiger partial charge >= 0.3 is 5.97 Å². The third kappa shape index (κ3) is 11.3. The van der Waals surface area contributed by atoms with E-state index in [1.54, 1.807) is 7.05 Å². The third-order valence-corrected chi connectivity index (χ3v) is 3.63. The summed E-state index contributed by atoms with van der Waals surface area (Å²) in [7, 11) is 1.73. The largest absolute Gasteiger partial charge is 0.466 e. The van der Waals surface area contributed by atoms with E-state index in [0.29, 0.717) is 26.2 Å². The molecule has 0 radical (unpaired) electrons. The van der Waals surface area contributed by atoms with Crippen LogP contribution in [0.15, 0.2) is 35.3 Å². The highest BCUT2D eigenvalue weighted by atomic mass is 127. The molecular formula is C19H32IN3O3. The van der Waals surface area contributed by atoms with E-state index in [9.17, 15) is 4.79 Å². The molecule has 0 aromatic heterocycles. The Balaban J connectivity index is 0.00000625. The first-order chi connectivity index (χ1) is 12.2. The highest BCUT2D eigenvalue weighted by Gasteiger charge is 2.05. The Hall–Kier alpha value is -1.35. The van der Waals surface area contributed by atoms with Crippen molar-refractivity contribution in [2.24, 2.45) is 4.99 Å². The summed E-state index contributed by atoms with van der Waals surface area (Å²) in [5.74, 6) is 0.580. The molecule has 0 saturated heterocycles. The summed E-state index contributed by atoms with van der Waals surface area (Å²) in [4.78, 5) is 15.4. The van der Waals surface area contributed by atoms with Gasteiger partial charge in [-0.2, -0.15) is 0 Å². The second-order valence-electron chi connectivity index (χ2n) is 5.61. The summed E-state index contributed by atoms with van der Waals surface area (Å²) in [5.41, 5.74) is 1.19. The standard InChI is InChI=1S/C19H31N3O3.HI/c1-4-24-18(23)12-8-13-21-19(20-3)22-14-9-15-25-16(2)17-10-6-5-7-11-17;/h5-7,10-11,16H,4,8-9,12-15H2,1-3H3,(H2,20,21,22);1H. The van der Waals surface area contributed by atoms with Gasteiger partial charge in [0.1, 0.15) is 0 Å². The maximum absolute atomic E-state index is 11.2. The van der Waals surface area contributed by atoms with Crippen molar-refractivity contribution in [3.8, 4) is 0 Å². The fraction of sp³-hybridized carbons (Fsp3) is 0.579. The van der Waals surface area contributed by atoms with E-state index in [4.69, 9.17) is 9.47 Å². The number of carbonyl (C=O) groups excluding carboxylic acids is 1. The molecule has 26 heavy (non-hydrogen) atoms. The minimum absolute atomic E-state index is 0. The van der Waals surface area contributed by atoms with Crippen LogP contribution in [-0.4, -0.2) is 45.3 Å². The average Bonchev–Trinajstić information content (AvgIpc) is 2.64. The molecule has 1 atom stereocenters. The van der Waals surface area contributed by atoms with Crippen LogP contribution >= 0.6 is 24.0 Å². The molecule has 2 N–H and O–H groups in total. The van der Waals surface area contributed by atoms with Crippen LogP contribution in [0.3, 0.4) is 0 Å². The molecule has 1 aromatic rings. The molecule has 0 aliphatic carbocycles. The van der Waals surface area contributed by atoms with Gasteiger partial charge in [0, 0.05) is 33.2 Å². The molecule has 0 amide bonds. The van der Waals surface area contributed by atoms with Crippen LogP contribution in [0.1, 0.15) is 44.8 Å². The number of nitrogens with zero attached hydrogens (tertiary/aromatic N) is 1. The highest BCUT2D eigenvalue weighted by molar-refractivity contribution is 14.0. The van der Waals surface area contributed by atoms with Crippen LogP contribution in [0, 0.1) is 0 Å². The Labute approximate surface area is 174 Å². The number of rotatable bonds is 11.